The summed E-state index contributed by atoms with van der Waals surface area (Å²) in [5, 5.41) is 2.94. The van der Waals surface area contributed by atoms with E-state index < -0.39 is 6.09 Å². The Morgan fingerprint density at radius 1 is 0.826 bits per heavy atom. The van der Waals surface area contributed by atoms with E-state index in [2.05, 4.69) is 34.2 Å². The zero-order valence-electron chi connectivity index (χ0n) is 27.3. The van der Waals surface area contributed by atoms with Crippen molar-refractivity contribution in [2.45, 2.75) is 58.1 Å². The number of anilines is 1. The summed E-state index contributed by atoms with van der Waals surface area (Å²) in [5.41, 5.74) is 4.61. The molecule has 0 bridgehead atoms. The maximum Gasteiger partial charge on any atom is 0.411 e. The normalized spacial score (nSPS) is 16.6. The van der Waals surface area contributed by atoms with Gasteiger partial charge < -0.3 is 14.5 Å². The largest absolute Gasteiger partial charge is 0.446 e. The Balaban J connectivity index is 1.00. The van der Waals surface area contributed by atoms with Gasteiger partial charge in [-0.05, 0) is 74.5 Å². The highest BCUT2D eigenvalue weighted by Gasteiger charge is 2.25. The van der Waals surface area contributed by atoms with Crippen molar-refractivity contribution in [1.82, 2.24) is 14.7 Å². The molecule has 0 aliphatic carbocycles. The van der Waals surface area contributed by atoms with Crippen LogP contribution in [0.5, 0.6) is 0 Å². The number of nitrogens with one attached hydrogen (secondary N) is 1. The lowest BCUT2D eigenvalue weighted by Crippen LogP contribution is -2.42. The van der Waals surface area contributed by atoms with Crippen molar-refractivity contribution in [3.63, 3.8) is 0 Å². The maximum absolute atomic E-state index is 13.1. The lowest BCUT2D eigenvalue weighted by Gasteiger charge is -2.32. The smallest absolute Gasteiger partial charge is 0.411 e. The molecule has 2 heterocycles. The van der Waals surface area contributed by atoms with Crippen molar-refractivity contribution >= 4 is 23.5 Å². The number of benzene rings is 3. The van der Waals surface area contributed by atoms with E-state index in [9.17, 15) is 14.4 Å². The second-order valence-corrected chi connectivity index (χ2v) is 12.7. The van der Waals surface area contributed by atoms with Gasteiger partial charge in [-0.3, -0.25) is 19.8 Å². The predicted octanol–water partition coefficient (Wildman–Crippen LogP) is 6.72. The highest BCUT2D eigenvalue weighted by molar-refractivity contribution is 5.94. The number of Topliss-reactive ketones (excluding diaryl/α,β-unsaturated/α-hetero) is 1. The number of hydrogen-bond acceptors (Lipinski definition) is 6. The molecule has 0 unspecified atom stereocenters. The van der Waals surface area contributed by atoms with Crippen LogP contribution < -0.4 is 5.32 Å². The van der Waals surface area contributed by atoms with Gasteiger partial charge in [0.15, 0.2) is 0 Å². The molecule has 46 heavy (non-hydrogen) atoms. The number of ketones is 1. The molecular weight excluding hydrogens is 576 g/mol. The van der Waals surface area contributed by atoms with Gasteiger partial charge in [0.05, 0.1) is 5.69 Å². The molecule has 2 fully saturated rings. The van der Waals surface area contributed by atoms with Crippen LogP contribution in [0, 0.1) is 5.92 Å². The van der Waals surface area contributed by atoms with Gasteiger partial charge in [-0.1, -0.05) is 67.6 Å². The number of ether oxygens (including phenoxy) is 1. The van der Waals surface area contributed by atoms with E-state index in [0.717, 1.165) is 88.2 Å². The third-order valence-corrected chi connectivity index (χ3v) is 9.30. The van der Waals surface area contributed by atoms with E-state index in [0.29, 0.717) is 24.3 Å². The molecule has 3 aromatic carbocycles. The van der Waals surface area contributed by atoms with Gasteiger partial charge in [-0.15, -0.1) is 0 Å². The number of likely N-dealkylation sites (tertiary alicyclic amines) is 2. The number of amides is 2. The average molecular weight is 625 g/mol. The quantitative estimate of drug-likeness (QED) is 0.241. The fourth-order valence-electron chi connectivity index (χ4n) is 6.49. The summed E-state index contributed by atoms with van der Waals surface area (Å²) < 4.78 is 5.78. The number of hydrogen-bond donors (Lipinski definition) is 1. The minimum absolute atomic E-state index is 0.0208. The Kier molecular flexibility index (Phi) is 12.0. The SMILES string of the molecule is CCCC(=O)C1CCN(Cc2ccc(C(=O)N(C)CCN3CCC(OC(=O)Nc4ccccc4-c4ccccc4)CC3)cc2)CC1. The second kappa shape index (κ2) is 16.5. The minimum Gasteiger partial charge on any atom is -0.446 e. The molecule has 5 rings (SSSR count). The van der Waals surface area contributed by atoms with Crippen LogP contribution in [0.4, 0.5) is 10.5 Å². The molecule has 1 N–H and O–H groups in total. The number of piperidine rings is 2. The molecule has 0 saturated carbocycles. The summed E-state index contributed by atoms with van der Waals surface area (Å²) in [7, 11) is 1.85. The molecular formula is C38H48N4O4. The molecule has 2 aliphatic rings. The van der Waals surface area contributed by atoms with Gasteiger partial charge >= 0.3 is 6.09 Å². The monoisotopic (exact) mass is 624 g/mol. The molecule has 2 amide bonds. The Bertz CT molecular complexity index is 1430. The van der Waals surface area contributed by atoms with Crippen LogP contribution in [-0.2, 0) is 16.1 Å². The van der Waals surface area contributed by atoms with Crippen molar-refractivity contribution in [2.24, 2.45) is 5.92 Å². The van der Waals surface area contributed by atoms with Gasteiger partial charge in [0.25, 0.3) is 5.91 Å². The molecule has 244 valence electrons. The number of para-hydroxylation sites is 1. The van der Waals surface area contributed by atoms with Gasteiger partial charge in [-0.25, -0.2) is 4.79 Å². The minimum atomic E-state index is -0.429. The third kappa shape index (κ3) is 9.27. The van der Waals surface area contributed by atoms with Gasteiger partial charge in [0.1, 0.15) is 11.9 Å². The maximum atomic E-state index is 13.1. The molecule has 0 spiro atoms. The summed E-state index contributed by atoms with van der Waals surface area (Å²) >= 11 is 0. The summed E-state index contributed by atoms with van der Waals surface area (Å²) in [6.45, 7) is 7.86. The van der Waals surface area contributed by atoms with Crippen LogP contribution >= 0.6 is 0 Å². The topological polar surface area (TPSA) is 82.2 Å². The van der Waals surface area contributed by atoms with E-state index >= 15 is 0 Å². The number of carbonyl (C=O) groups excluding carboxylic acids is 3. The molecule has 2 saturated heterocycles. The number of carbonyl (C=O) groups is 3. The zero-order valence-corrected chi connectivity index (χ0v) is 27.3. The summed E-state index contributed by atoms with van der Waals surface area (Å²) in [6.07, 6.45) is 4.50. The van der Waals surface area contributed by atoms with Crippen LogP contribution in [0.2, 0.25) is 0 Å². The summed E-state index contributed by atoms with van der Waals surface area (Å²) in [4.78, 5) is 44.6. The van der Waals surface area contributed by atoms with E-state index in [1.165, 1.54) is 5.56 Å². The molecule has 0 atom stereocenters. The summed E-state index contributed by atoms with van der Waals surface area (Å²) in [6, 6.07) is 25.7. The fraction of sp³-hybridized carbons (Fsp3) is 0.447. The molecule has 0 radical (unpaired) electrons. The van der Waals surface area contributed by atoms with Crippen molar-refractivity contribution < 1.29 is 19.1 Å². The predicted molar refractivity (Wildman–Crippen MR) is 183 cm³/mol. The zero-order chi connectivity index (χ0) is 32.3. The average Bonchev–Trinajstić information content (AvgIpc) is 3.09. The number of nitrogens with zero attached hydrogens (tertiary/aromatic N) is 3. The Labute approximate surface area is 273 Å². The lowest BCUT2D eigenvalue weighted by molar-refractivity contribution is -0.124. The highest BCUT2D eigenvalue weighted by atomic mass is 16.6. The first-order valence-corrected chi connectivity index (χ1v) is 16.8. The fourth-order valence-corrected chi connectivity index (χ4v) is 6.49. The first-order valence-electron chi connectivity index (χ1n) is 16.8. The van der Waals surface area contributed by atoms with E-state index in [1.807, 2.05) is 73.8 Å². The van der Waals surface area contributed by atoms with Crippen LogP contribution in [0.3, 0.4) is 0 Å². The first kappa shape index (κ1) is 33.4. The van der Waals surface area contributed by atoms with Crippen molar-refractivity contribution in [2.75, 3.05) is 51.6 Å². The second-order valence-electron chi connectivity index (χ2n) is 12.7. The first-order chi connectivity index (χ1) is 22.4. The lowest BCUT2D eigenvalue weighted by atomic mass is 9.90. The van der Waals surface area contributed by atoms with Crippen LogP contribution in [0.25, 0.3) is 11.1 Å². The van der Waals surface area contributed by atoms with Crippen molar-refractivity contribution in [1.29, 1.82) is 0 Å². The summed E-state index contributed by atoms with van der Waals surface area (Å²) in [5.74, 6) is 0.675. The Hall–Kier alpha value is -4.01. The van der Waals surface area contributed by atoms with Crippen molar-refractivity contribution in [3.05, 3.63) is 90.0 Å². The van der Waals surface area contributed by atoms with Gasteiger partial charge in [0, 0.05) is 63.2 Å². The van der Waals surface area contributed by atoms with Crippen LogP contribution in [-0.4, -0.2) is 84.9 Å². The third-order valence-electron chi connectivity index (χ3n) is 9.30. The van der Waals surface area contributed by atoms with Gasteiger partial charge in [-0.2, -0.15) is 0 Å². The van der Waals surface area contributed by atoms with Gasteiger partial charge in [0.2, 0.25) is 0 Å². The molecule has 8 heteroatoms. The van der Waals surface area contributed by atoms with Crippen LogP contribution in [0.1, 0.15) is 61.4 Å². The standard InChI is InChI=1S/C38H48N4O4/c1-3-9-36(43)31-18-22-42(23-19-31)28-29-14-16-32(17-15-29)37(44)40(2)26-27-41-24-20-33(21-25-41)46-38(45)39-35-13-8-7-12-34(35)30-10-5-4-6-11-30/h4-8,10-17,31,33H,3,9,18-28H2,1-2H3,(H,39,45). The number of likely N-dealkylation sites (N-methyl/N-ethyl adjacent to an activating group) is 1. The number of rotatable bonds is 12. The van der Waals surface area contributed by atoms with Crippen LogP contribution in [0.15, 0.2) is 78.9 Å². The van der Waals surface area contributed by atoms with E-state index in [4.69, 9.17) is 4.74 Å². The Morgan fingerprint density at radius 2 is 1.48 bits per heavy atom. The molecule has 8 nitrogen and oxygen atoms in total. The van der Waals surface area contributed by atoms with E-state index in [1.54, 1.807) is 4.90 Å². The highest BCUT2D eigenvalue weighted by Crippen LogP contribution is 2.28. The van der Waals surface area contributed by atoms with Crippen molar-refractivity contribution in [3.8, 4) is 11.1 Å². The Morgan fingerprint density at radius 3 is 2.17 bits per heavy atom. The van der Waals surface area contributed by atoms with E-state index in [-0.39, 0.29) is 17.9 Å². The molecule has 0 aromatic heterocycles. The molecule has 2 aliphatic heterocycles. The molecule has 3 aromatic rings.